The standard InChI is InChI=1S/C21H16BrN5O2/c1-13-7-8-27-12-17(25-19(27)9-13)21(29)24-16-4-2-3-14(10-16)20(28)26-18-6-5-15(22)11-23-18/h2-12H,1H3,(H,24,29)(H,23,26,28). The van der Waals surface area contributed by atoms with Crippen LogP contribution in [0.2, 0.25) is 0 Å². The number of halogens is 1. The molecule has 0 saturated heterocycles. The molecule has 0 saturated carbocycles. The van der Waals surface area contributed by atoms with Crippen LogP contribution < -0.4 is 10.6 Å². The number of pyridine rings is 2. The average Bonchev–Trinajstić information content (AvgIpc) is 3.13. The molecule has 3 heterocycles. The highest BCUT2D eigenvalue weighted by Gasteiger charge is 2.13. The van der Waals surface area contributed by atoms with Crippen molar-refractivity contribution in [3.05, 3.63) is 88.4 Å². The first-order valence-electron chi connectivity index (χ1n) is 8.78. The molecule has 0 aliphatic rings. The van der Waals surface area contributed by atoms with Crippen LogP contribution in [-0.4, -0.2) is 26.2 Å². The lowest BCUT2D eigenvalue weighted by atomic mass is 10.2. The van der Waals surface area contributed by atoms with E-state index in [1.54, 1.807) is 53.2 Å². The number of hydrogen-bond donors (Lipinski definition) is 2. The molecule has 1 aromatic carbocycles. The fraction of sp³-hybridized carbons (Fsp3) is 0.0476. The topological polar surface area (TPSA) is 88.4 Å². The SMILES string of the molecule is Cc1ccn2cc(C(=O)Nc3cccc(C(=O)Nc4ccc(Br)cn4)c3)nc2c1. The highest BCUT2D eigenvalue weighted by molar-refractivity contribution is 9.10. The van der Waals surface area contributed by atoms with E-state index >= 15 is 0 Å². The van der Waals surface area contributed by atoms with Crippen LogP contribution in [0.4, 0.5) is 11.5 Å². The minimum atomic E-state index is -0.349. The number of carbonyl (C=O) groups excluding carboxylic acids is 2. The van der Waals surface area contributed by atoms with Crippen molar-refractivity contribution in [3.8, 4) is 0 Å². The fourth-order valence-electron chi connectivity index (χ4n) is 2.76. The van der Waals surface area contributed by atoms with Gasteiger partial charge in [0.2, 0.25) is 0 Å². The van der Waals surface area contributed by atoms with Crippen molar-refractivity contribution >= 4 is 44.9 Å². The molecule has 2 N–H and O–H groups in total. The van der Waals surface area contributed by atoms with Gasteiger partial charge in [-0.05, 0) is 70.9 Å². The maximum atomic E-state index is 12.6. The summed E-state index contributed by atoms with van der Waals surface area (Å²) in [4.78, 5) is 33.5. The minimum absolute atomic E-state index is 0.296. The zero-order chi connectivity index (χ0) is 20.4. The Balaban J connectivity index is 1.49. The number of carbonyl (C=O) groups is 2. The molecule has 0 atom stereocenters. The molecular weight excluding hydrogens is 434 g/mol. The van der Waals surface area contributed by atoms with Crippen LogP contribution in [0.15, 0.2) is 71.6 Å². The normalized spacial score (nSPS) is 10.7. The first-order chi connectivity index (χ1) is 14.0. The van der Waals surface area contributed by atoms with Gasteiger partial charge in [-0.1, -0.05) is 6.07 Å². The predicted octanol–water partition coefficient (Wildman–Crippen LogP) is 4.30. The van der Waals surface area contributed by atoms with Crippen molar-refractivity contribution in [2.24, 2.45) is 0 Å². The summed E-state index contributed by atoms with van der Waals surface area (Å²) < 4.78 is 2.61. The van der Waals surface area contributed by atoms with Gasteiger partial charge in [-0.15, -0.1) is 0 Å². The predicted molar refractivity (Wildman–Crippen MR) is 114 cm³/mol. The maximum absolute atomic E-state index is 12.6. The highest BCUT2D eigenvalue weighted by atomic mass is 79.9. The summed E-state index contributed by atoms with van der Waals surface area (Å²) in [7, 11) is 0. The van der Waals surface area contributed by atoms with Crippen LogP contribution in [0, 0.1) is 6.92 Å². The summed E-state index contributed by atoms with van der Waals surface area (Å²) in [5.41, 5.74) is 2.96. The number of nitrogens with zero attached hydrogens (tertiary/aromatic N) is 3. The van der Waals surface area contributed by atoms with Gasteiger partial charge in [-0.25, -0.2) is 9.97 Å². The Labute approximate surface area is 174 Å². The summed E-state index contributed by atoms with van der Waals surface area (Å²) in [6.45, 7) is 1.97. The molecule has 0 unspecified atom stereocenters. The number of amides is 2. The molecule has 0 radical (unpaired) electrons. The third-order valence-electron chi connectivity index (χ3n) is 4.20. The lowest BCUT2D eigenvalue weighted by Crippen LogP contribution is -2.15. The Morgan fingerprint density at radius 2 is 1.90 bits per heavy atom. The van der Waals surface area contributed by atoms with Gasteiger partial charge in [0, 0.05) is 34.3 Å². The van der Waals surface area contributed by atoms with Gasteiger partial charge < -0.3 is 15.0 Å². The van der Waals surface area contributed by atoms with Gasteiger partial charge in [0.05, 0.1) is 0 Å². The Kier molecular flexibility index (Phi) is 5.09. The van der Waals surface area contributed by atoms with Gasteiger partial charge in [0.1, 0.15) is 17.2 Å². The molecule has 144 valence electrons. The van der Waals surface area contributed by atoms with Crippen LogP contribution in [0.5, 0.6) is 0 Å². The first kappa shape index (κ1) is 18.8. The van der Waals surface area contributed by atoms with Crippen molar-refractivity contribution in [2.75, 3.05) is 10.6 Å². The Bertz CT molecular complexity index is 1220. The van der Waals surface area contributed by atoms with E-state index in [2.05, 4.69) is 36.5 Å². The smallest absolute Gasteiger partial charge is 0.275 e. The summed E-state index contributed by atoms with van der Waals surface area (Å²) in [5, 5.41) is 5.51. The maximum Gasteiger partial charge on any atom is 0.275 e. The van der Waals surface area contributed by atoms with Crippen LogP contribution in [0.25, 0.3) is 5.65 Å². The fourth-order valence-corrected chi connectivity index (χ4v) is 3.00. The molecule has 4 rings (SSSR count). The van der Waals surface area contributed by atoms with Crippen LogP contribution in [0.3, 0.4) is 0 Å². The van der Waals surface area contributed by atoms with E-state index in [1.165, 1.54) is 0 Å². The van der Waals surface area contributed by atoms with E-state index in [-0.39, 0.29) is 11.8 Å². The third kappa shape index (κ3) is 4.33. The van der Waals surface area contributed by atoms with Gasteiger partial charge in [-0.3, -0.25) is 9.59 Å². The molecule has 7 nitrogen and oxygen atoms in total. The average molecular weight is 450 g/mol. The largest absolute Gasteiger partial charge is 0.321 e. The number of anilines is 2. The second kappa shape index (κ2) is 7.84. The number of imidazole rings is 1. The van der Waals surface area contributed by atoms with Gasteiger partial charge in [0.25, 0.3) is 11.8 Å². The number of nitrogens with one attached hydrogen (secondary N) is 2. The van der Waals surface area contributed by atoms with E-state index < -0.39 is 0 Å². The molecule has 0 spiro atoms. The molecular formula is C21H16BrN5O2. The number of aromatic nitrogens is 3. The van der Waals surface area contributed by atoms with E-state index in [1.807, 2.05) is 25.3 Å². The second-order valence-corrected chi connectivity index (χ2v) is 7.36. The van der Waals surface area contributed by atoms with E-state index in [0.717, 1.165) is 10.0 Å². The summed E-state index contributed by atoms with van der Waals surface area (Å²) in [5.74, 6) is -0.231. The number of fused-ring (bicyclic) bond motifs is 1. The van der Waals surface area contributed by atoms with Crippen molar-refractivity contribution in [1.29, 1.82) is 0 Å². The first-order valence-corrected chi connectivity index (χ1v) is 9.57. The lowest BCUT2D eigenvalue weighted by molar-refractivity contribution is 0.101. The number of rotatable bonds is 4. The van der Waals surface area contributed by atoms with Crippen molar-refractivity contribution in [3.63, 3.8) is 0 Å². The molecule has 29 heavy (non-hydrogen) atoms. The third-order valence-corrected chi connectivity index (χ3v) is 4.67. The molecule has 0 aliphatic heterocycles. The molecule has 0 aliphatic carbocycles. The minimum Gasteiger partial charge on any atom is -0.321 e. The summed E-state index contributed by atoms with van der Waals surface area (Å²) >= 11 is 3.30. The molecule has 8 heteroatoms. The second-order valence-electron chi connectivity index (χ2n) is 6.45. The highest BCUT2D eigenvalue weighted by Crippen LogP contribution is 2.16. The van der Waals surface area contributed by atoms with Gasteiger partial charge in [0.15, 0.2) is 0 Å². The van der Waals surface area contributed by atoms with Crippen LogP contribution in [-0.2, 0) is 0 Å². The number of hydrogen-bond acceptors (Lipinski definition) is 4. The van der Waals surface area contributed by atoms with Gasteiger partial charge >= 0.3 is 0 Å². The molecule has 2 amide bonds. The van der Waals surface area contributed by atoms with Crippen LogP contribution in [0.1, 0.15) is 26.4 Å². The van der Waals surface area contributed by atoms with Gasteiger partial charge in [-0.2, -0.15) is 0 Å². The van der Waals surface area contributed by atoms with Crippen molar-refractivity contribution < 1.29 is 9.59 Å². The monoisotopic (exact) mass is 449 g/mol. The number of aryl methyl sites for hydroxylation is 1. The van der Waals surface area contributed by atoms with E-state index in [0.29, 0.717) is 28.4 Å². The van der Waals surface area contributed by atoms with Crippen molar-refractivity contribution in [1.82, 2.24) is 14.4 Å². The molecule has 4 aromatic rings. The number of benzene rings is 1. The van der Waals surface area contributed by atoms with E-state index in [4.69, 9.17) is 0 Å². The Hall–Kier alpha value is -3.52. The zero-order valence-electron chi connectivity index (χ0n) is 15.4. The summed E-state index contributed by atoms with van der Waals surface area (Å²) in [6.07, 6.45) is 5.12. The zero-order valence-corrected chi connectivity index (χ0v) is 17.0. The molecule has 0 fully saturated rings. The summed E-state index contributed by atoms with van der Waals surface area (Å²) in [6, 6.07) is 14.0. The van der Waals surface area contributed by atoms with Crippen LogP contribution >= 0.6 is 15.9 Å². The lowest BCUT2D eigenvalue weighted by Gasteiger charge is -2.07. The Morgan fingerprint density at radius 1 is 1.03 bits per heavy atom. The van der Waals surface area contributed by atoms with E-state index in [9.17, 15) is 9.59 Å². The molecule has 0 bridgehead atoms. The Morgan fingerprint density at radius 3 is 2.69 bits per heavy atom. The van der Waals surface area contributed by atoms with Crippen molar-refractivity contribution in [2.45, 2.75) is 6.92 Å². The quantitative estimate of drug-likeness (QED) is 0.485. The molecule has 3 aromatic heterocycles.